The molecule has 1 atom stereocenters. The van der Waals surface area contributed by atoms with Gasteiger partial charge in [0.05, 0.1) is 19.3 Å². The molecule has 0 aliphatic carbocycles. The van der Waals surface area contributed by atoms with E-state index >= 15 is 0 Å². The number of hydrogen-bond donors (Lipinski definition) is 2. The van der Waals surface area contributed by atoms with Crippen LogP contribution in [0.4, 0.5) is 10.5 Å². The average Bonchev–Trinajstić information content (AvgIpc) is 2.53. The molecule has 0 aromatic heterocycles. The quantitative estimate of drug-likeness (QED) is 0.895. The van der Waals surface area contributed by atoms with E-state index in [1.165, 1.54) is 0 Å². The second-order valence-corrected chi connectivity index (χ2v) is 6.23. The lowest BCUT2D eigenvalue weighted by Gasteiger charge is -2.33. The van der Waals surface area contributed by atoms with E-state index in [-0.39, 0.29) is 18.0 Å². The summed E-state index contributed by atoms with van der Waals surface area (Å²) in [7, 11) is 0. The minimum atomic E-state index is -0.237. The highest BCUT2D eigenvalue weighted by atomic mass is 16.5. The van der Waals surface area contributed by atoms with E-state index in [1.807, 2.05) is 25.7 Å². The van der Waals surface area contributed by atoms with Gasteiger partial charge in [-0.2, -0.15) is 0 Å². The molecule has 23 heavy (non-hydrogen) atoms. The maximum Gasteiger partial charge on any atom is 0.319 e. The summed E-state index contributed by atoms with van der Waals surface area (Å²) in [6.07, 6.45) is 0. The number of amides is 3. The molecule has 2 rings (SSSR count). The Labute approximate surface area is 137 Å². The first-order valence-electron chi connectivity index (χ1n) is 8.01. The predicted octanol–water partition coefficient (Wildman–Crippen LogP) is 2.33. The number of nitrogens with zero attached hydrogens (tertiary/aromatic N) is 1. The van der Waals surface area contributed by atoms with Crippen molar-refractivity contribution in [2.75, 3.05) is 31.6 Å². The number of rotatable bonds is 4. The number of hydrogen-bond acceptors (Lipinski definition) is 3. The monoisotopic (exact) mass is 319 g/mol. The Morgan fingerprint density at radius 2 is 2.00 bits per heavy atom. The summed E-state index contributed by atoms with van der Waals surface area (Å²) in [5.41, 5.74) is 1.28. The number of urea groups is 1. The number of morpholine rings is 1. The molecule has 6 heteroatoms. The lowest BCUT2D eigenvalue weighted by atomic mass is 10.1. The molecule has 1 aliphatic rings. The van der Waals surface area contributed by atoms with E-state index in [1.54, 1.807) is 24.3 Å². The maximum absolute atomic E-state index is 12.5. The number of anilines is 1. The lowest BCUT2D eigenvalue weighted by Crippen LogP contribution is -2.47. The van der Waals surface area contributed by atoms with Crippen LogP contribution in [-0.2, 0) is 4.74 Å². The van der Waals surface area contributed by atoms with Crippen molar-refractivity contribution in [2.45, 2.75) is 26.8 Å². The molecule has 2 N–H and O–H groups in total. The number of nitrogens with one attached hydrogen (secondary N) is 2. The number of carbonyl (C=O) groups is 2. The molecule has 1 heterocycles. The first kappa shape index (κ1) is 17.3. The van der Waals surface area contributed by atoms with Gasteiger partial charge in [-0.25, -0.2) is 4.79 Å². The summed E-state index contributed by atoms with van der Waals surface area (Å²) >= 11 is 0. The van der Waals surface area contributed by atoms with Gasteiger partial charge in [-0.05, 0) is 37.1 Å². The van der Waals surface area contributed by atoms with Gasteiger partial charge in [-0.1, -0.05) is 13.8 Å². The summed E-state index contributed by atoms with van der Waals surface area (Å²) in [6, 6.07) is 6.81. The average molecular weight is 319 g/mol. The minimum Gasteiger partial charge on any atom is -0.377 e. The third-order valence-electron chi connectivity index (χ3n) is 3.69. The number of benzene rings is 1. The Balaban J connectivity index is 1.93. The molecule has 0 radical (unpaired) electrons. The van der Waals surface area contributed by atoms with E-state index in [4.69, 9.17) is 4.74 Å². The normalized spacial score (nSPS) is 17.9. The Hall–Kier alpha value is -2.08. The fraction of sp³-hybridized carbons (Fsp3) is 0.529. The highest BCUT2D eigenvalue weighted by Gasteiger charge is 2.24. The van der Waals surface area contributed by atoms with Crippen LogP contribution in [0.25, 0.3) is 0 Å². The smallest absolute Gasteiger partial charge is 0.319 e. The second kappa shape index (κ2) is 7.97. The summed E-state index contributed by atoms with van der Waals surface area (Å²) in [5.74, 6) is 0.396. The van der Waals surface area contributed by atoms with Crippen LogP contribution in [0.2, 0.25) is 0 Å². The molecule has 0 bridgehead atoms. The molecule has 6 nitrogen and oxygen atoms in total. The van der Waals surface area contributed by atoms with E-state index in [9.17, 15) is 9.59 Å². The predicted molar refractivity (Wildman–Crippen MR) is 89.6 cm³/mol. The number of carbonyl (C=O) groups excluding carboxylic acids is 2. The summed E-state index contributed by atoms with van der Waals surface area (Å²) in [6.45, 7) is 8.43. The zero-order valence-electron chi connectivity index (χ0n) is 14.0. The van der Waals surface area contributed by atoms with Crippen molar-refractivity contribution in [3.05, 3.63) is 29.8 Å². The van der Waals surface area contributed by atoms with Crippen molar-refractivity contribution in [2.24, 2.45) is 5.92 Å². The molecular formula is C17H25N3O3. The van der Waals surface area contributed by atoms with Crippen molar-refractivity contribution in [1.29, 1.82) is 0 Å². The van der Waals surface area contributed by atoms with Crippen LogP contribution in [-0.4, -0.2) is 49.2 Å². The zero-order valence-corrected chi connectivity index (χ0v) is 14.0. The Morgan fingerprint density at radius 1 is 1.30 bits per heavy atom. The zero-order chi connectivity index (χ0) is 16.8. The van der Waals surface area contributed by atoms with Crippen LogP contribution in [0.3, 0.4) is 0 Å². The molecule has 0 spiro atoms. The van der Waals surface area contributed by atoms with Gasteiger partial charge >= 0.3 is 6.03 Å². The SMILES string of the molecule is CC(C)CNC(=O)Nc1ccc(C(=O)N2CCOCC2C)cc1. The van der Waals surface area contributed by atoms with Crippen LogP contribution in [0.5, 0.6) is 0 Å². The topological polar surface area (TPSA) is 70.7 Å². The molecule has 1 aromatic carbocycles. The highest BCUT2D eigenvalue weighted by molar-refractivity contribution is 5.95. The Kier molecular flexibility index (Phi) is 5.98. The third kappa shape index (κ3) is 4.96. The largest absolute Gasteiger partial charge is 0.377 e. The van der Waals surface area contributed by atoms with Gasteiger partial charge in [0.1, 0.15) is 0 Å². The molecule has 1 fully saturated rings. The van der Waals surface area contributed by atoms with Crippen molar-refractivity contribution >= 4 is 17.6 Å². The maximum atomic E-state index is 12.5. The highest BCUT2D eigenvalue weighted by Crippen LogP contribution is 2.15. The van der Waals surface area contributed by atoms with Gasteiger partial charge in [-0.3, -0.25) is 4.79 Å². The van der Waals surface area contributed by atoms with Gasteiger partial charge in [0.15, 0.2) is 0 Å². The van der Waals surface area contributed by atoms with Crippen LogP contribution in [0.15, 0.2) is 24.3 Å². The third-order valence-corrected chi connectivity index (χ3v) is 3.69. The van der Waals surface area contributed by atoms with Crippen LogP contribution in [0.1, 0.15) is 31.1 Å². The van der Waals surface area contributed by atoms with Crippen molar-refractivity contribution < 1.29 is 14.3 Å². The first-order chi connectivity index (χ1) is 11.0. The van der Waals surface area contributed by atoms with Gasteiger partial charge in [0.25, 0.3) is 5.91 Å². The van der Waals surface area contributed by atoms with Crippen LogP contribution in [0, 0.1) is 5.92 Å². The molecule has 1 saturated heterocycles. The Bertz CT molecular complexity index is 543. The van der Waals surface area contributed by atoms with E-state index in [0.717, 1.165) is 0 Å². The lowest BCUT2D eigenvalue weighted by molar-refractivity contribution is 0.00359. The van der Waals surface area contributed by atoms with Crippen LogP contribution >= 0.6 is 0 Å². The molecule has 1 aliphatic heterocycles. The number of ether oxygens (including phenoxy) is 1. The van der Waals surface area contributed by atoms with E-state index < -0.39 is 0 Å². The molecule has 3 amide bonds. The van der Waals surface area contributed by atoms with Gasteiger partial charge < -0.3 is 20.3 Å². The van der Waals surface area contributed by atoms with E-state index in [2.05, 4.69) is 10.6 Å². The molecule has 0 saturated carbocycles. The van der Waals surface area contributed by atoms with E-state index in [0.29, 0.717) is 43.5 Å². The Morgan fingerprint density at radius 3 is 2.61 bits per heavy atom. The minimum absolute atomic E-state index is 0.00314. The van der Waals surface area contributed by atoms with Crippen LogP contribution < -0.4 is 10.6 Å². The van der Waals surface area contributed by atoms with Gasteiger partial charge in [0.2, 0.25) is 0 Å². The second-order valence-electron chi connectivity index (χ2n) is 6.23. The van der Waals surface area contributed by atoms with Gasteiger partial charge in [0, 0.05) is 24.3 Å². The summed E-state index contributed by atoms with van der Waals surface area (Å²) in [4.78, 5) is 26.0. The molecule has 1 aromatic rings. The van der Waals surface area contributed by atoms with Gasteiger partial charge in [-0.15, -0.1) is 0 Å². The summed E-state index contributed by atoms with van der Waals surface area (Å²) < 4.78 is 5.35. The van der Waals surface area contributed by atoms with Crippen molar-refractivity contribution in [3.63, 3.8) is 0 Å². The van der Waals surface area contributed by atoms with Crippen molar-refractivity contribution in [1.82, 2.24) is 10.2 Å². The fourth-order valence-electron chi connectivity index (χ4n) is 2.36. The molecule has 1 unspecified atom stereocenters. The molecule has 126 valence electrons. The molecular weight excluding hydrogens is 294 g/mol. The first-order valence-corrected chi connectivity index (χ1v) is 8.01. The standard InChI is InChI=1S/C17H25N3O3/c1-12(2)10-18-17(22)19-15-6-4-14(5-7-15)16(21)20-8-9-23-11-13(20)3/h4-7,12-13H,8-11H2,1-3H3,(H2,18,19,22). The fourth-order valence-corrected chi connectivity index (χ4v) is 2.36. The van der Waals surface area contributed by atoms with Crippen molar-refractivity contribution in [3.8, 4) is 0 Å². The summed E-state index contributed by atoms with van der Waals surface area (Å²) in [5, 5.41) is 5.54.